The van der Waals surface area contributed by atoms with Gasteiger partial charge in [0.15, 0.2) is 11.6 Å². The molecule has 0 fully saturated rings. The molecule has 0 aliphatic carbocycles. The molecule has 1 aliphatic heterocycles. The van der Waals surface area contributed by atoms with Crippen LogP contribution in [-0.4, -0.2) is 25.3 Å². The highest BCUT2D eigenvalue weighted by Gasteiger charge is 2.04. The number of ether oxygens (including phenoxy) is 1. The molecule has 0 radical (unpaired) electrons. The Morgan fingerprint density at radius 2 is 1.72 bits per heavy atom. The van der Waals surface area contributed by atoms with Crippen LogP contribution in [0.2, 0.25) is 0 Å². The molecule has 0 saturated carbocycles. The van der Waals surface area contributed by atoms with Crippen molar-refractivity contribution in [2.45, 2.75) is 0 Å². The Kier molecular flexibility index (Phi) is 3.81. The van der Waals surface area contributed by atoms with Crippen LogP contribution >= 0.6 is 0 Å². The van der Waals surface area contributed by atoms with Crippen LogP contribution in [0.3, 0.4) is 0 Å². The fraction of sp³-hybridized carbons (Fsp3) is 0.0714. The summed E-state index contributed by atoms with van der Waals surface area (Å²) < 4.78 is 5.03. The van der Waals surface area contributed by atoms with Crippen LogP contribution < -0.4 is 4.74 Å². The molecule has 0 amide bonds. The Balaban J connectivity index is 2.18. The summed E-state index contributed by atoms with van der Waals surface area (Å²) in [7, 11) is 1.58. The van der Waals surface area contributed by atoms with Crippen LogP contribution in [0, 0.1) is 0 Å². The van der Waals surface area contributed by atoms with Crippen molar-refractivity contribution in [2.75, 3.05) is 7.11 Å². The normalized spacial score (nSPS) is 13.3. The van der Waals surface area contributed by atoms with Gasteiger partial charge in [-0.05, 0) is 36.4 Å². The predicted octanol–water partition coefficient (Wildman–Crippen LogP) is 2.43. The number of ketones is 1. The van der Waals surface area contributed by atoms with Crippen molar-refractivity contribution >= 4 is 18.2 Å². The van der Waals surface area contributed by atoms with E-state index in [0.717, 1.165) is 0 Å². The Labute approximate surface area is 105 Å². The monoisotopic (exact) mass is 240 g/mol. The van der Waals surface area contributed by atoms with E-state index in [9.17, 15) is 4.79 Å². The summed E-state index contributed by atoms with van der Waals surface area (Å²) in [5.74, 6) is 0.971. The molecule has 1 heterocycles. The average Bonchev–Trinajstić information content (AvgIpc) is 2.67. The van der Waals surface area contributed by atoms with E-state index in [1.165, 1.54) is 6.08 Å². The topological polar surface area (TPSA) is 51.0 Å². The first kappa shape index (κ1) is 12.0. The summed E-state index contributed by atoms with van der Waals surface area (Å²) in [6.45, 7) is 0. The summed E-state index contributed by atoms with van der Waals surface area (Å²) in [4.78, 5) is 20.0. The van der Waals surface area contributed by atoms with E-state index in [-0.39, 0.29) is 5.78 Å². The maximum atomic E-state index is 11.9. The molecule has 4 heteroatoms. The molecule has 0 spiro atoms. The maximum absolute atomic E-state index is 11.9. The second kappa shape index (κ2) is 5.72. The van der Waals surface area contributed by atoms with Crippen molar-refractivity contribution in [1.29, 1.82) is 0 Å². The molecule has 0 N–H and O–H groups in total. The van der Waals surface area contributed by atoms with Gasteiger partial charge in [-0.3, -0.25) is 4.79 Å². The minimum atomic E-state index is -0.135. The number of aliphatic imine (C=N–C) groups is 2. The molecule has 4 nitrogen and oxygen atoms in total. The Morgan fingerprint density at radius 3 is 2.28 bits per heavy atom. The fourth-order valence-electron chi connectivity index (χ4n) is 1.40. The van der Waals surface area contributed by atoms with Crippen molar-refractivity contribution in [3.05, 3.63) is 53.9 Å². The van der Waals surface area contributed by atoms with Crippen LogP contribution in [0.4, 0.5) is 0 Å². The number of carbonyl (C=O) groups is 1. The summed E-state index contributed by atoms with van der Waals surface area (Å²) in [5, 5.41) is 0. The van der Waals surface area contributed by atoms with Gasteiger partial charge in [-0.15, -0.1) is 0 Å². The van der Waals surface area contributed by atoms with E-state index in [4.69, 9.17) is 4.74 Å². The van der Waals surface area contributed by atoms with Gasteiger partial charge in [-0.25, -0.2) is 9.98 Å². The summed E-state index contributed by atoms with van der Waals surface area (Å²) in [6.07, 6.45) is 8.10. The first-order chi connectivity index (χ1) is 8.79. The summed E-state index contributed by atoms with van der Waals surface area (Å²) in [6, 6.07) is 6.90. The third-order valence-electron chi connectivity index (χ3n) is 2.33. The molecule has 0 atom stereocenters. The quantitative estimate of drug-likeness (QED) is 0.601. The molecule has 90 valence electrons. The molecule has 18 heavy (non-hydrogen) atoms. The first-order valence-electron chi connectivity index (χ1n) is 5.43. The molecule has 1 aromatic rings. The van der Waals surface area contributed by atoms with Gasteiger partial charge in [-0.1, -0.05) is 0 Å². The zero-order valence-corrected chi connectivity index (χ0v) is 9.91. The fourth-order valence-corrected chi connectivity index (χ4v) is 1.40. The Bertz CT molecular complexity index is 534. The summed E-state index contributed by atoms with van der Waals surface area (Å²) >= 11 is 0. The van der Waals surface area contributed by atoms with Crippen LogP contribution in [0.15, 0.2) is 58.3 Å². The molecule has 2 rings (SSSR count). The molecular weight excluding hydrogens is 228 g/mol. The molecule has 0 aromatic heterocycles. The number of rotatable bonds is 3. The number of benzene rings is 1. The number of methoxy groups -OCH3 is 1. The number of carbonyl (C=O) groups excluding carboxylic acids is 1. The van der Waals surface area contributed by atoms with E-state index < -0.39 is 0 Å². The van der Waals surface area contributed by atoms with Gasteiger partial charge in [0, 0.05) is 24.1 Å². The minimum Gasteiger partial charge on any atom is -0.497 e. The maximum Gasteiger partial charge on any atom is 0.189 e. The van der Waals surface area contributed by atoms with Crippen molar-refractivity contribution in [1.82, 2.24) is 0 Å². The largest absolute Gasteiger partial charge is 0.497 e. The molecular formula is C14H12N2O2. The lowest BCUT2D eigenvalue weighted by molar-refractivity contribution is 0.104. The highest BCUT2D eigenvalue weighted by molar-refractivity contribution is 6.05. The minimum absolute atomic E-state index is 0.135. The van der Waals surface area contributed by atoms with E-state index in [1.54, 1.807) is 56.0 Å². The van der Waals surface area contributed by atoms with Crippen molar-refractivity contribution in [3.8, 4) is 5.75 Å². The third kappa shape index (κ3) is 3.01. The Morgan fingerprint density at radius 1 is 1.11 bits per heavy atom. The highest BCUT2D eigenvalue weighted by Crippen LogP contribution is 2.13. The first-order valence-corrected chi connectivity index (χ1v) is 5.43. The number of hydrogen-bond donors (Lipinski definition) is 0. The van der Waals surface area contributed by atoms with Gasteiger partial charge in [0.1, 0.15) is 5.75 Å². The zero-order valence-electron chi connectivity index (χ0n) is 9.91. The average molecular weight is 240 g/mol. The van der Waals surface area contributed by atoms with Crippen molar-refractivity contribution < 1.29 is 9.53 Å². The third-order valence-corrected chi connectivity index (χ3v) is 2.33. The van der Waals surface area contributed by atoms with Crippen LogP contribution in [0.25, 0.3) is 0 Å². The van der Waals surface area contributed by atoms with Gasteiger partial charge < -0.3 is 4.74 Å². The lowest BCUT2D eigenvalue weighted by Crippen LogP contribution is -1.95. The van der Waals surface area contributed by atoms with Crippen molar-refractivity contribution in [3.63, 3.8) is 0 Å². The molecule has 1 aliphatic rings. The number of allylic oxidation sites excluding steroid dienone is 3. The molecule has 0 saturated heterocycles. The summed E-state index contributed by atoms with van der Waals surface area (Å²) in [5.41, 5.74) is 0.575. The highest BCUT2D eigenvalue weighted by atomic mass is 16.5. The van der Waals surface area contributed by atoms with E-state index in [2.05, 4.69) is 9.98 Å². The van der Waals surface area contributed by atoms with Gasteiger partial charge in [-0.2, -0.15) is 0 Å². The van der Waals surface area contributed by atoms with Crippen LogP contribution in [0.1, 0.15) is 10.4 Å². The molecule has 0 unspecified atom stereocenters. The van der Waals surface area contributed by atoms with Crippen molar-refractivity contribution in [2.24, 2.45) is 9.98 Å². The number of hydrogen-bond acceptors (Lipinski definition) is 4. The van der Waals surface area contributed by atoms with E-state index in [1.807, 2.05) is 0 Å². The van der Waals surface area contributed by atoms with Gasteiger partial charge in [0.25, 0.3) is 0 Å². The van der Waals surface area contributed by atoms with E-state index in [0.29, 0.717) is 17.1 Å². The van der Waals surface area contributed by atoms with Crippen LogP contribution in [0.5, 0.6) is 5.75 Å². The SMILES string of the molecule is COc1ccc(C(=O)C=C2N=CC=CC=N2)cc1. The lowest BCUT2D eigenvalue weighted by Gasteiger charge is -2.00. The van der Waals surface area contributed by atoms with Crippen LogP contribution in [-0.2, 0) is 0 Å². The molecule has 1 aromatic carbocycles. The Hall–Kier alpha value is -2.49. The van der Waals surface area contributed by atoms with E-state index >= 15 is 0 Å². The zero-order chi connectivity index (χ0) is 12.8. The second-order valence-corrected chi connectivity index (χ2v) is 3.54. The smallest absolute Gasteiger partial charge is 0.189 e. The number of nitrogens with zero attached hydrogens (tertiary/aromatic N) is 2. The lowest BCUT2D eigenvalue weighted by atomic mass is 10.1. The molecule has 0 bridgehead atoms. The van der Waals surface area contributed by atoms with Gasteiger partial charge >= 0.3 is 0 Å². The second-order valence-electron chi connectivity index (χ2n) is 3.54. The standard InChI is InChI=1S/C14H12N2O2/c1-18-12-6-4-11(5-7-12)13(17)10-14-15-8-2-3-9-16-14/h2-10H,1H3. The predicted molar refractivity (Wildman–Crippen MR) is 71.5 cm³/mol. The van der Waals surface area contributed by atoms with Gasteiger partial charge in [0.05, 0.1) is 7.11 Å². The van der Waals surface area contributed by atoms with Gasteiger partial charge in [0.2, 0.25) is 0 Å².